The third-order valence-electron chi connectivity index (χ3n) is 0.933. The van der Waals surface area contributed by atoms with Crippen LogP contribution in [-0.2, 0) is 0 Å². The van der Waals surface area contributed by atoms with Gasteiger partial charge in [-0.15, -0.1) is 0 Å². The van der Waals surface area contributed by atoms with Crippen molar-refractivity contribution in [2.45, 2.75) is 19.0 Å². The van der Waals surface area contributed by atoms with Crippen LogP contribution < -0.4 is 11.3 Å². The molecule has 3 N–H and O–H groups in total. The predicted octanol–water partition coefficient (Wildman–Crippen LogP) is 1.10. The summed E-state index contributed by atoms with van der Waals surface area (Å²) in [5.74, 6) is 0.258. The molecule has 12 heavy (non-hydrogen) atoms. The van der Waals surface area contributed by atoms with Crippen LogP contribution in [0.1, 0.15) is 13.8 Å². The van der Waals surface area contributed by atoms with Crippen LogP contribution in [0.5, 0.6) is 0 Å². The molecule has 0 aliphatic carbocycles. The Kier molecular flexibility index (Phi) is 5.19. The summed E-state index contributed by atoms with van der Waals surface area (Å²) in [6.07, 6.45) is 1.82. The maximum absolute atomic E-state index is 10.7. The Morgan fingerprint density at radius 2 is 2.17 bits per heavy atom. The molecule has 4 nitrogen and oxygen atoms in total. The fourth-order valence-corrected chi connectivity index (χ4v) is 0.949. The molecular weight excluding hydrogens is 174 g/mol. The number of aromatic amines is 1. The fraction of sp³-hybridized carbons (Fsp3) is 0.429. The number of nitrogen functional groups attached to an aromatic ring is 1. The molecule has 0 spiro atoms. The van der Waals surface area contributed by atoms with Crippen LogP contribution in [0.25, 0.3) is 0 Å². The Labute approximate surface area is 75.6 Å². The molecule has 0 bridgehead atoms. The van der Waals surface area contributed by atoms with E-state index in [0.717, 1.165) is 0 Å². The molecule has 0 amide bonds. The summed E-state index contributed by atoms with van der Waals surface area (Å²) in [6.45, 7) is 4.00. The van der Waals surface area contributed by atoms with Crippen molar-refractivity contribution >= 4 is 17.6 Å². The lowest BCUT2D eigenvalue weighted by Crippen LogP contribution is -2.08. The van der Waals surface area contributed by atoms with Gasteiger partial charge in [-0.1, -0.05) is 25.6 Å². The van der Waals surface area contributed by atoms with Gasteiger partial charge in [-0.25, -0.2) is 4.98 Å². The predicted molar refractivity (Wildman–Crippen MR) is 52.4 cm³/mol. The first-order valence-electron chi connectivity index (χ1n) is 3.63. The molecule has 0 radical (unpaired) electrons. The highest BCUT2D eigenvalue weighted by Gasteiger charge is 1.93. The van der Waals surface area contributed by atoms with Crippen molar-refractivity contribution in [3.05, 3.63) is 16.4 Å². The zero-order valence-electron chi connectivity index (χ0n) is 7.42. The standard InChI is InChI=1S/C5H7N3OS.C2H6/c1-10-5-7-3(6)2-4(9)8-5;1-2/h2H,1H3,(H3,6,7,8,9);1-2H3. The summed E-state index contributed by atoms with van der Waals surface area (Å²) in [5, 5.41) is 0.546. The topological polar surface area (TPSA) is 71.8 Å². The Balaban J connectivity index is 0.000000561. The molecule has 68 valence electrons. The van der Waals surface area contributed by atoms with Crippen LogP contribution >= 0.6 is 11.8 Å². The summed E-state index contributed by atoms with van der Waals surface area (Å²) in [6, 6.07) is 1.25. The van der Waals surface area contributed by atoms with Crippen LogP contribution in [0.2, 0.25) is 0 Å². The molecule has 0 aliphatic rings. The molecule has 0 unspecified atom stereocenters. The van der Waals surface area contributed by atoms with E-state index in [1.54, 1.807) is 0 Å². The molecule has 1 heterocycles. The van der Waals surface area contributed by atoms with E-state index in [4.69, 9.17) is 5.73 Å². The first kappa shape index (κ1) is 11.0. The third kappa shape index (κ3) is 3.43. The molecule has 0 saturated carbocycles. The van der Waals surface area contributed by atoms with Gasteiger partial charge in [-0.05, 0) is 6.26 Å². The smallest absolute Gasteiger partial charge is 0.253 e. The highest BCUT2D eigenvalue weighted by molar-refractivity contribution is 7.98. The van der Waals surface area contributed by atoms with E-state index in [1.165, 1.54) is 17.8 Å². The van der Waals surface area contributed by atoms with Gasteiger partial charge in [0.15, 0.2) is 5.16 Å². The number of nitrogens with two attached hydrogens (primary N) is 1. The third-order valence-corrected chi connectivity index (χ3v) is 1.51. The summed E-state index contributed by atoms with van der Waals surface area (Å²) in [7, 11) is 0. The Morgan fingerprint density at radius 3 is 2.58 bits per heavy atom. The Bertz CT molecular complexity index is 284. The average Bonchev–Trinajstić information content (AvgIpc) is 2.06. The molecule has 0 aromatic carbocycles. The largest absolute Gasteiger partial charge is 0.383 e. The second-order valence-corrected chi connectivity index (χ2v) is 2.47. The lowest BCUT2D eigenvalue weighted by Gasteiger charge is -1.94. The van der Waals surface area contributed by atoms with Gasteiger partial charge in [-0.3, -0.25) is 4.79 Å². The highest BCUT2D eigenvalue weighted by Crippen LogP contribution is 2.05. The molecule has 1 aromatic rings. The number of H-pyrrole nitrogens is 1. The lowest BCUT2D eigenvalue weighted by atomic mass is 10.6. The van der Waals surface area contributed by atoms with Gasteiger partial charge >= 0.3 is 0 Å². The minimum absolute atomic E-state index is 0.211. The van der Waals surface area contributed by atoms with Crippen molar-refractivity contribution in [3.8, 4) is 0 Å². The highest BCUT2D eigenvalue weighted by atomic mass is 32.2. The van der Waals surface area contributed by atoms with E-state index in [2.05, 4.69) is 9.97 Å². The monoisotopic (exact) mass is 187 g/mol. The van der Waals surface area contributed by atoms with Gasteiger partial charge in [0.25, 0.3) is 5.56 Å². The van der Waals surface area contributed by atoms with Crippen molar-refractivity contribution in [1.82, 2.24) is 9.97 Å². The molecule has 1 aromatic heterocycles. The Hall–Kier alpha value is -0.970. The number of hydrogen-bond acceptors (Lipinski definition) is 4. The normalized spacial score (nSPS) is 8.58. The molecular formula is C7H13N3OS. The van der Waals surface area contributed by atoms with Gasteiger partial charge in [-0.2, -0.15) is 0 Å². The van der Waals surface area contributed by atoms with Crippen LogP contribution in [0.15, 0.2) is 16.0 Å². The van der Waals surface area contributed by atoms with E-state index in [1.807, 2.05) is 20.1 Å². The molecule has 0 aliphatic heterocycles. The summed E-state index contributed by atoms with van der Waals surface area (Å²) in [5.41, 5.74) is 5.08. The van der Waals surface area contributed by atoms with E-state index in [9.17, 15) is 4.79 Å². The first-order chi connectivity index (χ1) is 5.72. The van der Waals surface area contributed by atoms with Crippen molar-refractivity contribution in [1.29, 1.82) is 0 Å². The van der Waals surface area contributed by atoms with Crippen LogP contribution in [0.3, 0.4) is 0 Å². The van der Waals surface area contributed by atoms with E-state index < -0.39 is 0 Å². The van der Waals surface area contributed by atoms with Gasteiger partial charge < -0.3 is 10.7 Å². The van der Waals surface area contributed by atoms with E-state index in [-0.39, 0.29) is 11.4 Å². The number of nitrogens with one attached hydrogen (secondary N) is 1. The SMILES string of the molecule is CC.CSc1nc(N)cc(=O)[nH]1. The zero-order valence-corrected chi connectivity index (χ0v) is 8.23. The number of rotatable bonds is 1. The minimum atomic E-state index is -0.211. The average molecular weight is 187 g/mol. The maximum atomic E-state index is 10.7. The number of hydrogen-bond donors (Lipinski definition) is 2. The fourth-order valence-electron chi connectivity index (χ4n) is 0.550. The number of thioether (sulfide) groups is 1. The molecule has 0 saturated heterocycles. The second kappa shape index (κ2) is 5.65. The van der Waals surface area contributed by atoms with Gasteiger partial charge in [0.2, 0.25) is 0 Å². The lowest BCUT2D eigenvalue weighted by molar-refractivity contribution is 0.948. The number of anilines is 1. The van der Waals surface area contributed by atoms with Crippen molar-refractivity contribution in [2.24, 2.45) is 0 Å². The van der Waals surface area contributed by atoms with E-state index in [0.29, 0.717) is 5.16 Å². The van der Waals surface area contributed by atoms with Crippen molar-refractivity contribution in [3.63, 3.8) is 0 Å². The zero-order chi connectivity index (χ0) is 9.56. The second-order valence-electron chi connectivity index (χ2n) is 1.68. The van der Waals surface area contributed by atoms with Crippen molar-refractivity contribution < 1.29 is 0 Å². The summed E-state index contributed by atoms with van der Waals surface area (Å²) < 4.78 is 0. The quantitative estimate of drug-likeness (QED) is 0.510. The molecule has 5 heteroatoms. The minimum Gasteiger partial charge on any atom is -0.383 e. The number of aromatic nitrogens is 2. The number of nitrogens with zero attached hydrogens (tertiary/aromatic N) is 1. The summed E-state index contributed by atoms with van der Waals surface area (Å²) >= 11 is 1.35. The van der Waals surface area contributed by atoms with Crippen LogP contribution in [-0.4, -0.2) is 16.2 Å². The van der Waals surface area contributed by atoms with E-state index >= 15 is 0 Å². The van der Waals surface area contributed by atoms with Crippen LogP contribution in [0, 0.1) is 0 Å². The summed E-state index contributed by atoms with van der Waals surface area (Å²) in [4.78, 5) is 17.0. The van der Waals surface area contributed by atoms with Gasteiger partial charge in [0.05, 0.1) is 0 Å². The molecule has 0 fully saturated rings. The maximum Gasteiger partial charge on any atom is 0.253 e. The molecule has 0 atom stereocenters. The van der Waals surface area contributed by atoms with Crippen LogP contribution in [0.4, 0.5) is 5.82 Å². The van der Waals surface area contributed by atoms with Gasteiger partial charge in [0, 0.05) is 6.07 Å². The van der Waals surface area contributed by atoms with Crippen molar-refractivity contribution in [2.75, 3.05) is 12.0 Å². The first-order valence-corrected chi connectivity index (χ1v) is 4.85. The Morgan fingerprint density at radius 1 is 1.58 bits per heavy atom. The van der Waals surface area contributed by atoms with Gasteiger partial charge in [0.1, 0.15) is 5.82 Å². The molecule has 1 rings (SSSR count).